The van der Waals surface area contributed by atoms with E-state index >= 15 is 0 Å². The molecule has 0 radical (unpaired) electrons. The van der Waals surface area contributed by atoms with Crippen molar-refractivity contribution in [1.82, 2.24) is 15.3 Å². The van der Waals surface area contributed by atoms with Crippen molar-refractivity contribution in [3.8, 4) is 5.75 Å². The van der Waals surface area contributed by atoms with Gasteiger partial charge in [0, 0.05) is 38.6 Å². The third-order valence-electron chi connectivity index (χ3n) is 5.07. The van der Waals surface area contributed by atoms with Crippen LogP contribution in [0.15, 0.2) is 24.3 Å². The number of hydrogen-bond donors (Lipinski definition) is 1. The molecule has 0 aliphatic carbocycles. The van der Waals surface area contributed by atoms with Crippen LogP contribution in [-0.2, 0) is 16.2 Å². The summed E-state index contributed by atoms with van der Waals surface area (Å²) in [5.41, 5.74) is 1.25. The molecule has 1 amide bonds. The Bertz CT molecular complexity index is 575. The molecule has 1 aromatic carbocycles. The molecule has 0 spiro atoms. The normalized spacial score (nSPS) is 22.1. The van der Waals surface area contributed by atoms with Crippen molar-refractivity contribution in [2.45, 2.75) is 44.7 Å². The van der Waals surface area contributed by atoms with E-state index in [4.69, 9.17) is 9.57 Å². The highest BCUT2D eigenvalue weighted by Gasteiger charge is 2.22. The van der Waals surface area contributed by atoms with E-state index in [0.717, 1.165) is 64.2 Å². The topological polar surface area (TPSA) is 54.0 Å². The van der Waals surface area contributed by atoms with Gasteiger partial charge in [0.05, 0.1) is 13.7 Å². The monoisotopic (exact) mass is 361 g/mol. The molecule has 2 aliphatic heterocycles. The van der Waals surface area contributed by atoms with Gasteiger partial charge in [0.15, 0.2) is 0 Å². The quantitative estimate of drug-likeness (QED) is 0.807. The minimum absolute atomic E-state index is 0.132. The summed E-state index contributed by atoms with van der Waals surface area (Å²) in [7, 11) is 1.69. The summed E-state index contributed by atoms with van der Waals surface area (Å²) in [6.07, 6.45) is 4.95. The summed E-state index contributed by atoms with van der Waals surface area (Å²) in [6.45, 7) is 5.28. The molecule has 26 heavy (non-hydrogen) atoms. The van der Waals surface area contributed by atoms with Crippen LogP contribution < -0.4 is 10.1 Å². The molecule has 144 valence electrons. The Balaban J connectivity index is 1.41. The molecule has 6 heteroatoms. The second-order valence-electron chi connectivity index (χ2n) is 7.21. The first-order chi connectivity index (χ1) is 12.7. The molecule has 1 N–H and O–H groups in total. The minimum Gasteiger partial charge on any atom is -0.497 e. The van der Waals surface area contributed by atoms with E-state index in [2.05, 4.69) is 22.3 Å². The summed E-state index contributed by atoms with van der Waals surface area (Å²) in [4.78, 5) is 20.2. The number of piperidine rings is 1. The van der Waals surface area contributed by atoms with Crippen LogP contribution in [0.1, 0.15) is 37.7 Å². The predicted molar refractivity (Wildman–Crippen MR) is 101 cm³/mol. The highest BCUT2D eigenvalue weighted by Crippen LogP contribution is 2.17. The van der Waals surface area contributed by atoms with Gasteiger partial charge < -0.3 is 10.1 Å². The lowest BCUT2D eigenvalue weighted by molar-refractivity contribution is -0.181. The molecule has 1 aromatic rings. The molecule has 6 nitrogen and oxygen atoms in total. The van der Waals surface area contributed by atoms with Crippen molar-refractivity contribution in [2.75, 3.05) is 39.9 Å². The summed E-state index contributed by atoms with van der Waals surface area (Å²) in [5, 5.41) is 5.14. The van der Waals surface area contributed by atoms with Crippen LogP contribution in [0.5, 0.6) is 5.75 Å². The van der Waals surface area contributed by atoms with E-state index in [9.17, 15) is 4.79 Å². The van der Waals surface area contributed by atoms with Crippen molar-refractivity contribution in [1.29, 1.82) is 0 Å². The van der Waals surface area contributed by atoms with Crippen LogP contribution in [0, 0.1) is 0 Å². The lowest BCUT2D eigenvalue weighted by atomic mass is 10.0. The molecule has 2 heterocycles. The summed E-state index contributed by atoms with van der Waals surface area (Å²) in [5.74, 6) is 1.02. The van der Waals surface area contributed by atoms with E-state index in [-0.39, 0.29) is 11.9 Å². The second kappa shape index (κ2) is 9.90. The third kappa shape index (κ3) is 5.97. The Morgan fingerprint density at radius 2 is 2.23 bits per heavy atom. The molecule has 1 unspecified atom stereocenters. The molecule has 0 aromatic heterocycles. The number of rotatable bonds is 7. The van der Waals surface area contributed by atoms with Gasteiger partial charge in [0.1, 0.15) is 5.75 Å². The third-order valence-corrected chi connectivity index (χ3v) is 5.07. The molecule has 2 aliphatic rings. The molecule has 0 bridgehead atoms. The fourth-order valence-corrected chi connectivity index (χ4v) is 3.70. The van der Waals surface area contributed by atoms with Gasteiger partial charge in [0.25, 0.3) is 0 Å². The molecule has 2 fully saturated rings. The summed E-state index contributed by atoms with van der Waals surface area (Å²) < 4.78 is 5.30. The van der Waals surface area contributed by atoms with Crippen LogP contribution in [-0.4, -0.2) is 61.8 Å². The zero-order valence-electron chi connectivity index (χ0n) is 15.8. The van der Waals surface area contributed by atoms with Gasteiger partial charge in [-0.2, -0.15) is 5.06 Å². The Hall–Kier alpha value is -1.63. The van der Waals surface area contributed by atoms with Crippen molar-refractivity contribution in [3.05, 3.63) is 29.8 Å². The van der Waals surface area contributed by atoms with Gasteiger partial charge in [0.2, 0.25) is 5.91 Å². The molecule has 2 saturated heterocycles. The van der Waals surface area contributed by atoms with Crippen molar-refractivity contribution in [2.24, 2.45) is 0 Å². The fraction of sp³-hybridized carbons (Fsp3) is 0.650. The minimum atomic E-state index is 0.132. The molecule has 0 saturated carbocycles. The Morgan fingerprint density at radius 3 is 3.04 bits per heavy atom. The van der Waals surface area contributed by atoms with E-state index in [1.54, 1.807) is 7.11 Å². The number of carbonyl (C=O) groups is 1. The first-order valence-electron chi connectivity index (χ1n) is 9.75. The molecule has 3 rings (SSSR count). The maximum absolute atomic E-state index is 12.3. The van der Waals surface area contributed by atoms with Crippen molar-refractivity contribution < 1.29 is 14.4 Å². The number of methoxy groups -OCH3 is 1. The van der Waals surface area contributed by atoms with Gasteiger partial charge in [-0.15, -0.1) is 0 Å². The molecule has 1 atom stereocenters. The number of likely N-dealkylation sites (tertiary alicyclic amines) is 1. The Labute approximate surface area is 156 Å². The SMILES string of the molecule is COc1cccc(CN2CCCC(NC(=O)CCN3CCCCO3)C2)c1. The van der Waals surface area contributed by atoms with Crippen LogP contribution >= 0.6 is 0 Å². The fourth-order valence-electron chi connectivity index (χ4n) is 3.70. The number of benzene rings is 1. The highest BCUT2D eigenvalue weighted by atomic mass is 16.7. The number of nitrogens with zero attached hydrogens (tertiary/aromatic N) is 2. The lowest BCUT2D eigenvalue weighted by Gasteiger charge is -2.33. The van der Waals surface area contributed by atoms with Gasteiger partial charge >= 0.3 is 0 Å². The maximum Gasteiger partial charge on any atom is 0.221 e. The van der Waals surface area contributed by atoms with Crippen molar-refractivity contribution >= 4 is 5.91 Å². The average molecular weight is 361 g/mol. The van der Waals surface area contributed by atoms with Gasteiger partial charge in [-0.1, -0.05) is 12.1 Å². The first kappa shape index (κ1) is 19.1. The van der Waals surface area contributed by atoms with E-state index in [1.807, 2.05) is 17.2 Å². The van der Waals surface area contributed by atoms with Crippen LogP contribution in [0.3, 0.4) is 0 Å². The Morgan fingerprint density at radius 1 is 1.31 bits per heavy atom. The second-order valence-corrected chi connectivity index (χ2v) is 7.21. The first-order valence-corrected chi connectivity index (χ1v) is 9.75. The van der Waals surface area contributed by atoms with Crippen LogP contribution in [0.2, 0.25) is 0 Å². The van der Waals surface area contributed by atoms with Gasteiger partial charge in [-0.05, 0) is 49.9 Å². The number of nitrogens with one attached hydrogen (secondary N) is 1. The largest absolute Gasteiger partial charge is 0.497 e. The number of carbonyl (C=O) groups excluding carboxylic acids is 1. The molecular weight excluding hydrogens is 330 g/mol. The van der Waals surface area contributed by atoms with Crippen molar-refractivity contribution in [3.63, 3.8) is 0 Å². The van der Waals surface area contributed by atoms with Gasteiger partial charge in [-0.25, -0.2) is 0 Å². The number of hydrogen-bond acceptors (Lipinski definition) is 5. The smallest absolute Gasteiger partial charge is 0.221 e. The number of hydroxylamine groups is 2. The van der Waals surface area contributed by atoms with E-state index in [0.29, 0.717) is 13.0 Å². The van der Waals surface area contributed by atoms with Crippen LogP contribution in [0.4, 0.5) is 0 Å². The molecular formula is C20H31N3O3. The maximum atomic E-state index is 12.3. The lowest BCUT2D eigenvalue weighted by Crippen LogP contribution is -2.48. The Kier molecular flexibility index (Phi) is 7.29. The van der Waals surface area contributed by atoms with Crippen LogP contribution in [0.25, 0.3) is 0 Å². The summed E-state index contributed by atoms with van der Waals surface area (Å²) >= 11 is 0. The van der Waals surface area contributed by atoms with Gasteiger partial charge in [-0.3, -0.25) is 14.5 Å². The average Bonchev–Trinajstić information content (AvgIpc) is 2.68. The summed E-state index contributed by atoms with van der Waals surface area (Å²) in [6, 6.07) is 8.45. The predicted octanol–water partition coefficient (Wildman–Crippen LogP) is 2.19. The van der Waals surface area contributed by atoms with E-state index in [1.165, 1.54) is 5.56 Å². The highest BCUT2D eigenvalue weighted by molar-refractivity contribution is 5.76. The number of amides is 1. The number of ether oxygens (including phenoxy) is 1. The zero-order chi connectivity index (χ0) is 18.2. The zero-order valence-corrected chi connectivity index (χ0v) is 15.8. The van der Waals surface area contributed by atoms with E-state index < -0.39 is 0 Å². The standard InChI is InChI=1S/C20H31N3O3/c1-25-19-8-4-6-17(14-19)15-22-10-5-7-18(16-22)21-20(24)9-12-23-11-2-3-13-26-23/h4,6,8,14,18H,2-3,5,7,9-13,15-16H2,1H3,(H,21,24).